The van der Waals surface area contributed by atoms with Crippen molar-refractivity contribution in [3.8, 4) is 0 Å². The van der Waals surface area contributed by atoms with Crippen LogP contribution >= 0.6 is 0 Å². The molecule has 0 aliphatic heterocycles. The minimum Gasteiger partial charge on any atom is -0.452 e. The highest BCUT2D eigenvalue weighted by molar-refractivity contribution is 5.98. The minimum absolute atomic E-state index is 0.257. The van der Waals surface area contributed by atoms with Gasteiger partial charge in [-0.15, -0.1) is 0 Å². The summed E-state index contributed by atoms with van der Waals surface area (Å²) in [5.74, 6) is -1.30. The standard InChI is InChI=1S/C24H22N2O4/c1-25-23(28)19-11-7-12-20(15-19)26-22(27)16-30-24(29)21-13-6-5-10-18(21)14-17-8-3-2-4-9-17/h2-13,15H,14,16H2,1H3,(H,25,28)(H,26,27). The van der Waals surface area contributed by atoms with Gasteiger partial charge in [0.15, 0.2) is 6.61 Å². The Labute approximate surface area is 174 Å². The van der Waals surface area contributed by atoms with E-state index in [9.17, 15) is 14.4 Å². The van der Waals surface area contributed by atoms with E-state index >= 15 is 0 Å². The number of hydrogen-bond donors (Lipinski definition) is 2. The molecule has 0 radical (unpaired) electrons. The fraction of sp³-hybridized carbons (Fsp3) is 0.125. The van der Waals surface area contributed by atoms with Crippen LogP contribution in [0.1, 0.15) is 31.8 Å². The first-order valence-corrected chi connectivity index (χ1v) is 9.48. The van der Waals surface area contributed by atoms with Crippen LogP contribution in [0.15, 0.2) is 78.9 Å². The third kappa shape index (κ3) is 5.54. The van der Waals surface area contributed by atoms with Crippen molar-refractivity contribution >= 4 is 23.5 Å². The minimum atomic E-state index is -0.559. The summed E-state index contributed by atoms with van der Waals surface area (Å²) in [6, 6.07) is 23.5. The normalized spacial score (nSPS) is 10.2. The van der Waals surface area contributed by atoms with Gasteiger partial charge in [-0.3, -0.25) is 9.59 Å². The average Bonchev–Trinajstić information content (AvgIpc) is 2.78. The fourth-order valence-electron chi connectivity index (χ4n) is 2.98. The Bertz CT molecular complexity index is 1050. The lowest BCUT2D eigenvalue weighted by Crippen LogP contribution is -2.22. The van der Waals surface area contributed by atoms with E-state index in [-0.39, 0.29) is 5.91 Å². The van der Waals surface area contributed by atoms with Gasteiger partial charge < -0.3 is 15.4 Å². The molecule has 6 heteroatoms. The van der Waals surface area contributed by atoms with E-state index in [1.165, 1.54) is 7.05 Å². The lowest BCUT2D eigenvalue weighted by atomic mass is 10.00. The maximum Gasteiger partial charge on any atom is 0.338 e. The van der Waals surface area contributed by atoms with Crippen molar-refractivity contribution in [3.63, 3.8) is 0 Å². The number of anilines is 1. The summed E-state index contributed by atoms with van der Waals surface area (Å²) in [6.45, 7) is -0.428. The summed E-state index contributed by atoms with van der Waals surface area (Å²) in [6.07, 6.45) is 0.588. The molecule has 0 spiro atoms. The van der Waals surface area contributed by atoms with Crippen LogP contribution in [0.5, 0.6) is 0 Å². The van der Waals surface area contributed by atoms with Crippen molar-refractivity contribution in [1.82, 2.24) is 5.32 Å². The van der Waals surface area contributed by atoms with E-state index in [4.69, 9.17) is 4.74 Å². The first-order valence-electron chi connectivity index (χ1n) is 9.48. The monoisotopic (exact) mass is 402 g/mol. The second-order valence-electron chi connectivity index (χ2n) is 6.60. The predicted molar refractivity (Wildman–Crippen MR) is 114 cm³/mol. The lowest BCUT2D eigenvalue weighted by molar-refractivity contribution is -0.119. The van der Waals surface area contributed by atoms with Gasteiger partial charge in [0.05, 0.1) is 5.56 Å². The van der Waals surface area contributed by atoms with Gasteiger partial charge >= 0.3 is 5.97 Å². The fourth-order valence-corrected chi connectivity index (χ4v) is 2.98. The molecule has 0 heterocycles. The number of rotatable bonds is 7. The maximum absolute atomic E-state index is 12.5. The van der Waals surface area contributed by atoms with Gasteiger partial charge in [-0.25, -0.2) is 4.79 Å². The van der Waals surface area contributed by atoms with E-state index in [2.05, 4.69) is 10.6 Å². The first kappa shape index (κ1) is 20.8. The van der Waals surface area contributed by atoms with Gasteiger partial charge in [0.25, 0.3) is 11.8 Å². The molecule has 0 atom stereocenters. The Morgan fingerprint density at radius 1 is 0.867 bits per heavy atom. The molecule has 0 aliphatic carbocycles. The SMILES string of the molecule is CNC(=O)c1cccc(NC(=O)COC(=O)c2ccccc2Cc2ccccc2)c1. The molecule has 2 N–H and O–H groups in total. The molecular weight excluding hydrogens is 380 g/mol. The van der Waals surface area contributed by atoms with Crippen LogP contribution in [0.2, 0.25) is 0 Å². The molecular formula is C24H22N2O4. The zero-order valence-corrected chi connectivity index (χ0v) is 16.6. The third-order valence-electron chi connectivity index (χ3n) is 4.44. The van der Waals surface area contributed by atoms with Crippen molar-refractivity contribution in [3.05, 3.63) is 101 Å². The number of benzene rings is 3. The van der Waals surface area contributed by atoms with Gasteiger partial charge in [0.2, 0.25) is 0 Å². The average molecular weight is 402 g/mol. The van der Waals surface area contributed by atoms with Crippen LogP contribution in [-0.2, 0) is 16.0 Å². The molecule has 30 heavy (non-hydrogen) atoms. The summed E-state index contributed by atoms with van der Waals surface area (Å²) >= 11 is 0. The quantitative estimate of drug-likeness (QED) is 0.593. The van der Waals surface area contributed by atoms with Crippen molar-refractivity contribution < 1.29 is 19.1 Å². The summed E-state index contributed by atoms with van der Waals surface area (Å²) in [4.78, 5) is 36.4. The molecule has 152 valence electrons. The molecule has 0 unspecified atom stereocenters. The second-order valence-corrected chi connectivity index (χ2v) is 6.60. The number of esters is 1. The first-order chi connectivity index (χ1) is 14.6. The number of carbonyl (C=O) groups is 3. The zero-order valence-electron chi connectivity index (χ0n) is 16.6. The van der Waals surface area contributed by atoms with Crippen molar-refractivity contribution in [2.75, 3.05) is 19.0 Å². The molecule has 3 rings (SSSR count). The van der Waals surface area contributed by atoms with E-state index in [1.807, 2.05) is 42.5 Å². The van der Waals surface area contributed by atoms with Gasteiger partial charge in [-0.05, 0) is 41.8 Å². The number of carbonyl (C=O) groups excluding carboxylic acids is 3. The van der Waals surface area contributed by atoms with E-state index in [0.717, 1.165) is 11.1 Å². The molecule has 2 amide bonds. The Morgan fingerprint density at radius 3 is 2.37 bits per heavy atom. The summed E-state index contributed by atoms with van der Waals surface area (Å²) < 4.78 is 5.21. The molecule has 6 nitrogen and oxygen atoms in total. The summed E-state index contributed by atoms with van der Waals surface area (Å²) in [5, 5.41) is 5.15. The van der Waals surface area contributed by atoms with Gasteiger partial charge in [0.1, 0.15) is 0 Å². The highest BCUT2D eigenvalue weighted by Gasteiger charge is 2.15. The summed E-state index contributed by atoms with van der Waals surface area (Å²) in [5.41, 5.74) is 3.19. The van der Waals surface area contributed by atoms with Gasteiger partial charge in [-0.2, -0.15) is 0 Å². The van der Waals surface area contributed by atoms with Crippen molar-refractivity contribution in [2.24, 2.45) is 0 Å². The van der Waals surface area contributed by atoms with Crippen molar-refractivity contribution in [2.45, 2.75) is 6.42 Å². The van der Waals surface area contributed by atoms with E-state index in [0.29, 0.717) is 23.2 Å². The van der Waals surface area contributed by atoms with E-state index < -0.39 is 18.5 Å². The Balaban J connectivity index is 1.61. The van der Waals surface area contributed by atoms with Crippen LogP contribution in [0.3, 0.4) is 0 Å². The van der Waals surface area contributed by atoms with Crippen LogP contribution in [0.25, 0.3) is 0 Å². The number of nitrogens with one attached hydrogen (secondary N) is 2. The molecule has 0 saturated heterocycles. The number of amides is 2. The predicted octanol–water partition coefficient (Wildman–Crippen LogP) is 3.43. The maximum atomic E-state index is 12.5. The third-order valence-corrected chi connectivity index (χ3v) is 4.44. The Morgan fingerprint density at radius 2 is 1.60 bits per heavy atom. The van der Waals surface area contributed by atoms with Crippen LogP contribution in [0.4, 0.5) is 5.69 Å². The van der Waals surface area contributed by atoms with E-state index in [1.54, 1.807) is 36.4 Å². The molecule has 0 aromatic heterocycles. The Hall–Kier alpha value is -3.93. The molecule has 0 fully saturated rings. The molecule has 0 aliphatic rings. The van der Waals surface area contributed by atoms with Gasteiger partial charge in [0, 0.05) is 18.3 Å². The Kier molecular flexibility index (Phi) is 6.95. The largest absolute Gasteiger partial charge is 0.452 e. The number of ether oxygens (including phenoxy) is 1. The topological polar surface area (TPSA) is 84.5 Å². The molecule has 3 aromatic carbocycles. The van der Waals surface area contributed by atoms with Gasteiger partial charge in [-0.1, -0.05) is 54.6 Å². The van der Waals surface area contributed by atoms with Crippen LogP contribution in [0, 0.1) is 0 Å². The molecule has 0 saturated carbocycles. The highest BCUT2D eigenvalue weighted by Crippen LogP contribution is 2.16. The van der Waals surface area contributed by atoms with Crippen LogP contribution < -0.4 is 10.6 Å². The van der Waals surface area contributed by atoms with Crippen LogP contribution in [-0.4, -0.2) is 31.4 Å². The second kappa shape index (κ2) is 10.0. The zero-order chi connectivity index (χ0) is 21.3. The molecule has 3 aromatic rings. The number of hydrogen-bond acceptors (Lipinski definition) is 4. The smallest absolute Gasteiger partial charge is 0.338 e. The molecule has 0 bridgehead atoms. The van der Waals surface area contributed by atoms with Crippen molar-refractivity contribution in [1.29, 1.82) is 0 Å². The lowest BCUT2D eigenvalue weighted by Gasteiger charge is -2.10. The summed E-state index contributed by atoms with van der Waals surface area (Å²) in [7, 11) is 1.53. The highest BCUT2D eigenvalue weighted by atomic mass is 16.5.